The number of hydrogen-bond donors (Lipinski definition) is 2. The molecular formula is C34H44N2O6S2. The van der Waals surface area contributed by atoms with Gasteiger partial charge in [-0.3, -0.25) is 9.11 Å². The molecular weight excluding hydrogens is 597 g/mol. The molecule has 0 amide bonds. The average molecular weight is 641 g/mol. The minimum Gasteiger partial charge on any atom is -0.497 e. The molecule has 8 nitrogen and oxygen atoms in total. The molecule has 0 aromatic heterocycles. The largest absolute Gasteiger partial charge is 0.497 e. The molecule has 0 bridgehead atoms. The molecule has 0 radical (unpaired) electrons. The Bertz CT molecular complexity index is 1420. The van der Waals surface area contributed by atoms with Crippen LogP contribution >= 0.6 is 22.5 Å². The molecule has 0 fully saturated rings. The van der Waals surface area contributed by atoms with Crippen molar-refractivity contribution in [3.8, 4) is 11.5 Å². The van der Waals surface area contributed by atoms with Gasteiger partial charge in [0.25, 0.3) is 0 Å². The Labute approximate surface area is 267 Å². The number of carbonyl (C=O) groups excluding carboxylic acids is 1. The van der Waals surface area contributed by atoms with Crippen molar-refractivity contribution in [1.29, 1.82) is 0 Å². The maximum atomic E-state index is 12.3. The van der Waals surface area contributed by atoms with E-state index in [1.54, 1.807) is 33.9 Å². The zero-order valence-corrected chi connectivity index (χ0v) is 28.0. The lowest BCUT2D eigenvalue weighted by molar-refractivity contribution is -0.148. The molecule has 1 aliphatic rings. The summed E-state index contributed by atoms with van der Waals surface area (Å²) in [5.74, 6) is 0.632. The number of para-hydroxylation sites is 1. The van der Waals surface area contributed by atoms with Crippen LogP contribution in [0.15, 0.2) is 88.9 Å². The van der Waals surface area contributed by atoms with Gasteiger partial charge in [0.15, 0.2) is 0 Å². The van der Waals surface area contributed by atoms with Crippen molar-refractivity contribution in [1.82, 2.24) is 4.31 Å². The van der Waals surface area contributed by atoms with E-state index >= 15 is 0 Å². The summed E-state index contributed by atoms with van der Waals surface area (Å²) in [6.45, 7) is 8.44. The van der Waals surface area contributed by atoms with E-state index in [4.69, 9.17) is 14.2 Å². The van der Waals surface area contributed by atoms with Gasteiger partial charge in [0, 0.05) is 30.9 Å². The molecule has 238 valence electrons. The van der Waals surface area contributed by atoms with Gasteiger partial charge < -0.3 is 19.1 Å². The zero-order chi connectivity index (χ0) is 31.9. The summed E-state index contributed by atoms with van der Waals surface area (Å²) < 4.78 is 43.0. The number of nitrogens with zero attached hydrogens (tertiary/aromatic N) is 2. The predicted octanol–water partition coefficient (Wildman–Crippen LogP) is 8.89. The van der Waals surface area contributed by atoms with Crippen LogP contribution in [-0.2, 0) is 16.1 Å². The fraction of sp³-hybridized carbons (Fsp3) is 0.382. The molecule has 3 aromatic rings. The topological polar surface area (TPSA) is 91.7 Å². The van der Waals surface area contributed by atoms with Gasteiger partial charge in [-0.15, -0.1) is 22.5 Å². The summed E-state index contributed by atoms with van der Waals surface area (Å²) in [5.41, 5.74) is 1.99. The van der Waals surface area contributed by atoms with E-state index in [0.29, 0.717) is 29.4 Å². The minimum absolute atomic E-state index is 0.163. The van der Waals surface area contributed by atoms with Gasteiger partial charge in [0.1, 0.15) is 22.0 Å². The highest BCUT2D eigenvalue weighted by Crippen LogP contribution is 2.61. The van der Waals surface area contributed by atoms with Crippen molar-refractivity contribution in [3.05, 3.63) is 84.6 Å². The van der Waals surface area contributed by atoms with Crippen LogP contribution in [0.3, 0.4) is 0 Å². The first-order valence-corrected chi connectivity index (χ1v) is 17.5. The third kappa shape index (κ3) is 8.31. The molecule has 1 unspecified atom stereocenters. The van der Waals surface area contributed by atoms with Crippen LogP contribution in [0.4, 0.5) is 11.4 Å². The monoisotopic (exact) mass is 640 g/mol. The quantitative estimate of drug-likeness (QED) is 0.0923. The third-order valence-electron chi connectivity index (χ3n) is 7.22. The highest BCUT2D eigenvalue weighted by molar-refractivity contribution is 8.22. The SMILES string of the molecule is CCCCC1CN(c2ccccc2)c2cc(SC)c(O/C=C/C(=O)OC(C)(C)C)cc2S(O)(O)N1Cc1ccc(OC)cc1. The summed E-state index contributed by atoms with van der Waals surface area (Å²) in [4.78, 5) is 15.6. The second-order valence-electron chi connectivity index (χ2n) is 11.6. The van der Waals surface area contributed by atoms with Gasteiger partial charge in [-0.1, -0.05) is 50.1 Å². The predicted molar refractivity (Wildman–Crippen MR) is 180 cm³/mol. The van der Waals surface area contributed by atoms with Crippen LogP contribution in [0.5, 0.6) is 11.5 Å². The van der Waals surface area contributed by atoms with Crippen molar-refractivity contribution in [3.63, 3.8) is 0 Å². The summed E-state index contributed by atoms with van der Waals surface area (Å²) >= 11 is 1.48. The molecule has 0 saturated carbocycles. The molecule has 44 heavy (non-hydrogen) atoms. The lowest BCUT2D eigenvalue weighted by atomic mass is 10.1. The molecule has 1 heterocycles. The molecule has 10 heteroatoms. The summed E-state index contributed by atoms with van der Waals surface area (Å²) in [7, 11) is -1.88. The maximum Gasteiger partial charge on any atom is 0.334 e. The van der Waals surface area contributed by atoms with Crippen molar-refractivity contribution < 1.29 is 28.1 Å². The van der Waals surface area contributed by atoms with Crippen molar-refractivity contribution in [2.24, 2.45) is 0 Å². The van der Waals surface area contributed by atoms with Crippen LogP contribution in [0, 0.1) is 0 Å². The van der Waals surface area contributed by atoms with Gasteiger partial charge in [-0.2, -0.15) is 4.31 Å². The van der Waals surface area contributed by atoms with Crippen molar-refractivity contribution >= 4 is 39.9 Å². The third-order valence-corrected chi connectivity index (χ3v) is 9.98. The number of hydrogen-bond acceptors (Lipinski definition) is 9. The van der Waals surface area contributed by atoms with Crippen LogP contribution in [0.2, 0.25) is 0 Å². The molecule has 0 saturated heterocycles. The number of benzene rings is 3. The Morgan fingerprint density at radius 1 is 1.09 bits per heavy atom. The smallest absolute Gasteiger partial charge is 0.334 e. The molecule has 3 aromatic carbocycles. The van der Waals surface area contributed by atoms with Gasteiger partial charge in [0.05, 0.1) is 30.0 Å². The number of fused-ring (bicyclic) bond motifs is 1. The zero-order valence-electron chi connectivity index (χ0n) is 26.4. The highest BCUT2D eigenvalue weighted by Gasteiger charge is 2.40. The molecule has 2 N–H and O–H groups in total. The molecule has 1 atom stereocenters. The second-order valence-corrected chi connectivity index (χ2v) is 14.4. The first-order chi connectivity index (χ1) is 21.0. The second kappa shape index (κ2) is 14.8. The minimum atomic E-state index is -3.51. The molecule has 0 spiro atoms. The Hall–Kier alpha value is -3.15. The number of ether oxygens (including phenoxy) is 3. The first-order valence-electron chi connectivity index (χ1n) is 14.8. The number of unbranched alkanes of at least 4 members (excludes halogenated alkanes) is 1. The number of thioether (sulfide) groups is 1. The maximum absolute atomic E-state index is 12.3. The van der Waals surface area contributed by atoms with Crippen LogP contribution in [0.1, 0.15) is 52.5 Å². The van der Waals surface area contributed by atoms with Crippen LogP contribution < -0.4 is 14.4 Å². The summed E-state index contributed by atoms with van der Waals surface area (Å²) in [6, 6.07) is 21.2. The summed E-state index contributed by atoms with van der Waals surface area (Å²) in [5, 5.41) is 0. The fourth-order valence-corrected chi connectivity index (χ4v) is 7.53. The van der Waals surface area contributed by atoms with Gasteiger partial charge in [-0.05, 0) is 69.3 Å². The Kier molecular flexibility index (Phi) is 11.3. The number of esters is 1. The van der Waals surface area contributed by atoms with E-state index in [1.807, 2.05) is 71.2 Å². The molecule has 1 aliphatic heterocycles. The molecule has 0 aliphatic carbocycles. The van der Waals surface area contributed by atoms with Gasteiger partial charge >= 0.3 is 5.97 Å². The van der Waals surface area contributed by atoms with Crippen LogP contribution in [0.25, 0.3) is 0 Å². The average Bonchev–Trinajstić information content (AvgIpc) is 3.07. The lowest BCUT2D eigenvalue weighted by Crippen LogP contribution is -2.41. The normalized spacial score (nSPS) is 17.5. The van der Waals surface area contributed by atoms with Crippen molar-refractivity contribution in [2.75, 3.05) is 24.8 Å². The fourth-order valence-electron chi connectivity index (χ4n) is 5.10. The van der Waals surface area contributed by atoms with Crippen molar-refractivity contribution in [2.45, 2.75) is 74.9 Å². The van der Waals surface area contributed by atoms with E-state index in [0.717, 1.165) is 41.2 Å². The highest BCUT2D eigenvalue weighted by atomic mass is 32.3. The Morgan fingerprint density at radius 2 is 1.80 bits per heavy atom. The first kappa shape index (κ1) is 33.7. The number of rotatable bonds is 11. The molecule has 4 rings (SSSR count). The van der Waals surface area contributed by atoms with Gasteiger partial charge in [-0.25, -0.2) is 4.79 Å². The van der Waals surface area contributed by atoms with E-state index < -0.39 is 22.3 Å². The Morgan fingerprint density at radius 3 is 2.41 bits per heavy atom. The van der Waals surface area contributed by atoms with Crippen LogP contribution in [-0.4, -0.2) is 50.9 Å². The van der Waals surface area contributed by atoms with E-state index in [-0.39, 0.29) is 6.04 Å². The summed E-state index contributed by atoms with van der Waals surface area (Å²) in [6.07, 6.45) is 7.17. The number of methoxy groups -OCH3 is 1. The van der Waals surface area contributed by atoms with E-state index in [9.17, 15) is 13.9 Å². The number of anilines is 2. The lowest BCUT2D eigenvalue weighted by Gasteiger charge is -2.45. The van der Waals surface area contributed by atoms with E-state index in [1.165, 1.54) is 24.1 Å². The standard InChI is InChI=1S/C34H44N2O6S2/c1-7-8-12-27-24-35(26-13-10-9-11-14-26)29-21-31(43-6)30(41-20-19-33(37)42-34(2,3)4)22-32(29)44(38,39)36(27)23-25-15-17-28(40-5)18-16-25/h9-11,13-22,27,38-39H,7-8,12,23-24H2,1-6H3/b20-19+. The number of carbonyl (C=O) groups is 1. The Balaban J connectivity index is 1.83. The van der Waals surface area contributed by atoms with E-state index in [2.05, 4.69) is 11.8 Å². The van der Waals surface area contributed by atoms with Gasteiger partial charge in [0.2, 0.25) is 0 Å².